The highest BCUT2D eigenvalue weighted by Crippen LogP contribution is 2.57. The minimum Gasteiger partial charge on any atom is -0.372 e. The predicted molar refractivity (Wildman–Crippen MR) is 128 cm³/mol. The molecule has 33 heavy (non-hydrogen) atoms. The molecular formula is C29H44N2O2. The van der Waals surface area contributed by atoms with Crippen molar-refractivity contribution in [2.24, 2.45) is 29.6 Å². The van der Waals surface area contributed by atoms with Gasteiger partial charge in [0, 0.05) is 18.0 Å². The molecule has 4 heteroatoms. The summed E-state index contributed by atoms with van der Waals surface area (Å²) in [5.41, 5.74) is 0. The fourth-order valence-electron chi connectivity index (χ4n) is 11.3. The van der Waals surface area contributed by atoms with Gasteiger partial charge in [0.15, 0.2) is 0 Å². The zero-order valence-corrected chi connectivity index (χ0v) is 20.5. The first-order valence-electron chi connectivity index (χ1n) is 15.1. The first-order valence-corrected chi connectivity index (χ1v) is 15.1. The Labute approximate surface area is 200 Å². The van der Waals surface area contributed by atoms with Crippen LogP contribution in [0, 0.1) is 29.6 Å². The number of hydrogen-bond donors (Lipinski definition) is 0. The van der Waals surface area contributed by atoms with E-state index >= 15 is 0 Å². The first-order chi connectivity index (χ1) is 16.3. The maximum atomic E-state index is 14.2. The van der Waals surface area contributed by atoms with Gasteiger partial charge in [-0.3, -0.25) is 9.69 Å². The zero-order valence-electron chi connectivity index (χ0n) is 20.5. The number of carbonyl (C=O) groups is 1. The third-order valence-corrected chi connectivity index (χ3v) is 12.3. The molecule has 0 aromatic rings. The molecule has 0 N–H and O–H groups in total. The van der Waals surface area contributed by atoms with E-state index in [9.17, 15) is 4.79 Å². The van der Waals surface area contributed by atoms with Crippen molar-refractivity contribution in [1.29, 1.82) is 0 Å². The van der Waals surface area contributed by atoms with Crippen LogP contribution in [-0.2, 0) is 9.53 Å². The molecule has 3 heterocycles. The monoisotopic (exact) mass is 452 g/mol. The molecule has 8 rings (SSSR count). The molecule has 0 aromatic heterocycles. The fraction of sp³-hybridized carbons (Fsp3) is 0.966. The van der Waals surface area contributed by atoms with Crippen LogP contribution in [-0.4, -0.2) is 58.1 Å². The largest absolute Gasteiger partial charge is 0.372 e. The number of amides is 1. The minimum absolute atomic E-state index is 0.348. The highest BCUT2D eigenvalue weighted by atomic mass is 16.5. The molecule has 8 fully saturated rings. The number of morpholine rings is 1. The van der Waals surface area contributed by atoms with Gasteiger partial charge < -0.3 is 9.64 Å². The molecular weight excluding hydrogens is 408 g/mol. The zero-order chi connectivity index (χ0) is 21.7. The van der Waals surface area contributed by atoms with Crippen molar-refractivity contribution in [3.8, 4) is 0 Å². The van der Waals surface area contributed by atoms with E-state index in [1.54, 1.807) is 0 Å². The Morgan fingerprint density at radius 3 is 2.24 bits per heavy atom. The van der Waals surface area contributed by atoms with Crippen LogP contribution in [0.1, 0.15) is 103 Å². The van der Waals surface area contributed by atoms with E-state index in [4.69, 9.17) is 4.74 Å². The van der Waals surface area contributed by atoms with Gasteiger partial charge in [0.05, 0.1) is 30.3 Å². The second-order valence-corrected chi connectivity index (χ2v) is 13.4. The van der Waals surface area contributed by atoms with Gasteiger partial charge in [-0.15, -0.1) is 0 Å². The molecule has 0 spiro atoms. The van der Waals surface area contributed by atoms with Gasteiger partial charge in [0.2, 0.25) is 5.91 Å². The maximum absolute atomic E-state index is 14.2. The molecule has 1 amide bonds. The summed E-state index contributed by atoms with van der Waals surface area (Å²) >= 11 is 0. The van der Waals surface area contributed by atoms with Gasteiger partial charge in [-0.05, 0) is 87.9 Å². The molecule has 0 radical (unpaired) electrons. The van der Waals surface area contributed by atoms with E-state index in [2.05, 4.69) is 9.80 Å². The number of nitrogens with zero attached hydrogens (tertiary/aromatic N) is 2. The lowest BCUT2D eigenvalue weighted by Crippen LogP contribution is -2.82. The van der Waals surface area contributed by atoms with E-state index in [0.717, 1.165) is 17.8 Å². The van der Waals surface area contributed by atoms with Crippen molar-refractivity contribution < 1.29 is 9.53 Å². The maximum Gasteiger partial charge on any atom is 0.226 e. The van der Waals surface area contributed by atoms with Crippen LogP contribution in [0.2, 0.25) is 0 Å². The van der Waals surface area contributed by atoms with E-state index in [1.807, 2.05) is 0 Å². The molecule has 5 aliphatic carbocycles. The lowest BCUT2D eigenvalue weighted by Gasteiger charge is -2.70. The van der Waals surface area contributed by atoms with Crippen molar-refractivity contribution in [3.63, 3.8) is 0 Å². The molecule has 0 aromatic carbocycles. The molecule has 4 nitrogen and oxygen atoms in total. The second-order valence-electron chi connectivity index (χ2n) is 13.4. The standard InChI is InChI=1S/C29H44N2O2/c32-29-21-10-4-3-9-19(21)20-11-5-12-22-26(20)31(29)23-13-6-14-24-28(23)30(22)27-18-8-2-1-7-17(18)15-16-25(27)33-24/h17-28H,1-16H2. The van der Waals surface area contributed by atoms with E-state index < -0.39 is 0 Å². The third kappa shape index (κ3) is 2.80. The number of piperazine rings is 1. The van der Waals surface area contributed by atoms with E-state index in [0.29, 0.717) is 60.2 Å². The highest BCUT2D eigenvalue weighted by Gasteiger charge is 2.65. The summed E-state index contributed by atoms with van der Waals surface area (Å²) < 4.78 is 7.06. The summed E-state index contributed by atoms with van der Waals surface area (Å²) in [6, 6.07) is 2.72. The number of carbonyl (C=O) groups excluding carboxylic acids is 1. The molecule has 12 unspecified atom stereocenters. The Balaban J connectivity index is 1.24. The Morgan fingerprint density at radius 1 is 0.576 bits per heavy atom. The van der Waals surface area contributed by atoms with Crippen molar-refractivity contribution >= 4 is 5.91 Å². The molecule has 8 aliphatic rings. The number of hydrogen-bond acceptors (Lipinski definition) is 3. The SMILES string of the molecule is O=C1C2CCCCC2C2CCCC3C2N1C1CCCC2OC4CCC5CCCCC5C4N3C21. The van der Waals surface area contributed by atoms with Crippen molar-refractivity contribution in [3.05, 3.63) is 0 Å². The van der Waals surface area contributed by atoms with Gasteiger partial charge >= 0.3 is 0 Å². The Bertz CT molecular complexity index is 800. The van der Waals surface area contributed by atoms with Crippen molar-refractivity contribution in [1.82, 2.24) is 9.80 Å². The number of rotatable bonds is 0. The molecule has 5 saturated carbocycles. The number of piperidine rings is 1. The van der Waals surface area contributed by atoms with Gasteiger partial charge in [0.25, 0.3) is 0 Å². The summed E-state index contributed by atoms with van der Waals surface area (Å²) in [5.74, 6) is 4.20. The minimum atomic E-state index is 0.348. The third-order valence-electron chi connectivity index (χ3n) is 12.3. The van der Waals surface area contributed by atoms with Crippen molar-refractivity contribution in [2.45, 2.75) is 145 Å². The average molecular weight is 453 g/mol. The van der Waals surface area contributed by atoms with Crippen LogP contribution >= 0.6 is 0 Å². The van der Waals surface area contributed by atoms with Crippen LogP contribution in [0.25, 0.3) is 0 Å². The lowest BCUT2D eigenvalue weighted by atomic mass is 9.57. The van der Waals surface area contributed by atoms with Crippen molar-refractivity contribution in [2.75, 3.05) is 0 Å². The number of ether oxygens (including phenoxy) is 1. The van der Waals surface area contributed by atoms with Crippen LogP contribution in [0.3, 0.4) is 0 Å². The Morgan fingerprint density at radius 2 is 1.30 bits per heavy atom. The smallest absolute Gasteiger partial charge is 0.226 e. The van der Waals surface area contributed by atoms with Crippen LogP contribution < -0.4 is 0 Å². The van der Waals surface area contributed by atoms with Crippen LogP contribution in [0.4, 0.5) is 0 Å². The summed E-state index contributed by atoms with van der Waals surface area (Å²) in [5, 5.41) is 0. The van der Waals surface area contributed by atoms with Gasteiger partial charge in [0.1, 0.15) is 0 Å². The fourth-order valence-corrected chi connectivity index (χ4v) is 11.3. The first kappa shape index (κ1) is 20.6. The predicted octanol–water partition coefficient (Wildman–Crippen LogP) is 5.15. The molecule has 3 saturated heterocycles. The number of fused-ring (bicyclic) bond motifs is 8. The summed E-state index contributed by atoms with van der Waals surface area (Å²) in [6.45, 7) is 0. The average Bonchev–Trinajstić information content (AvgIpc) is 2.87. The lowest BCUT2D eigenvalue weighted by molar-refractivity contribution is -0.264. The Kier molecular flexibility index (Phi) is 4.79. The molecule has 3 aliphatic heterocycles. The second kappa shape index (κ2) is 7.69. The normalized spacial score (nSPS) is 55.5. The van der Waals surface area contributed by atoms with Gasteiger partial charge in [-0.25, -0.2) is 0 Å². The Hall–Kier alpha value is -0.610. The van der Waals surface area contributed by atoms with Crippen LogP contribution in [0.15, 0.2) is 0 Å². The quantitative estimate of drug-likeness (QED) is 0.510. The summed E-state index contributed by atoms with van der Waals surface area (Å²) in [7, 11) is 0. The van der Waals surface area contributed by atoms with E-state index in [-0.39, 0.29) is 0 Å². The molecule has 12 atom stereocenters. The topological polar surface area (TPSA) is 32.8 Å². The summed E-state index contributed by atoms with van der Waals surface area (Å²) in [6.07, 6.45) is 22.3. The molecule has 0 bridgehead atoms. The van der Waals surface area contributed by atoms with Gasteiger partial charge in [-0.1, -0.05) is 38.5 Å². The molecule has 182 valence electrons. The van der Waals surface area contributed by atoms with E-state index in [1.165, 1.54) is 103 Å². The highest BCUT2D eigenvalue weighted by molar-refractivity contribution is 5.81. The van der Waals surface area contributed by atoms with Gasteiger partial charge in [-0.2, -0.15) is 0 Å². The van der Waals surface area contributed by atoms with Crippen LogP contribution in [0.5, 0.6) is 0 Å². The summed E-state index contributed by atoms with van der Waals surface area (Å²) in [4.78, 5) is 19.9.